The summed E-state index contributed by atoms with van der Waals surface area (Å²) >= 11 is 8.13. The number of rotatable bonds is 3. The summed E-state index contributed by atoms with van der Waals surface area (Å²) in [4.78, 5) is 12.3. The van der Waals surface area contributed by atoms with Crippen molar-refractivity contribution in [3.8, 4) is 22.5 Å². The number of thiophene rings is 1. The Morgan fingerprint density at radius 3 is 2.28 bits per heavy atom. The van der Waals surface area contributed by atoms with Crippen molar-refractivity contribution in [3.63, 3.8) is 0 Å². The molecule has 0 saturated heterocycles. The van der Waals surface area contributed by atoms with Gasteiger partial charge >= 0.3 is 0 Å². The minimum Gasteiger partial charge on any atom is -0.378 e. The molecule has 25 heavy (non-hydrogen) atoms. The predicted octanol–water partition coefficient (Wildman–Crippen LogP) is 5.74. The van der Waals surface area contributed by atoms with Crippen molar-refractivity contribution in [1.82, 2.24) is 9.97 Å². The lowest BCUT2D eigenvalue weighted by molar-refractivity contribution is 1.13. The first-order valence-corrected chi connectivity index (χ1v) is 9.17. The molecular weight excluding hydrogens is 350 g/mol. The maximum atomic E-state index is 6.54. The summed E-state index contributed by atoms with van der Waals surface area (Å²) < 4.78 is 0. The van der Waals surface area contributed by atoms with Crippen molar-refractivity contribution in [2.75, 3.05) is 19.0 Å². The highest BCUT2D eigenvalue weighted by Crippen LogP contribution is 2.37. The standard InChI is InChI=1S/C20H16ClN3S/c1-24(2)15-10-8-14(9-11-15)19-22-18(21)17-16(12-25-20(17)23-19)13-6-4-3-5-7-13/h3-12H,1-2H3. The van der Waals surface area contributed by atoms with Crippen LogP contribution in [0.1, 0.15) is 0 Å². The van der Waals surface area contributed by atoms with Crippen molar-refractivity contribution in [2.24, 2.45) is 0 Å². The number of hydrogen-bond acceptors (Lipinski definition) is 4. The van der Waals surface area contributed by atoms with Crippen LogP contribution in [0.25, 0.3) is 32.7 Å². The first-order valence-electron chi connectivity index (χ1n) is 7.91. The largest absolute Gasteiger partial charge is 0.378 e. The summed E-state index contributed by atoms with van der Waals surface area (Å²) in [7, 11) is 4.04. The molecule has 0 saturated carbocycles. The zero-order valence-electron chi connectivity index (χ0n) is 13.9. The van der Waals surface area contributed by atoms with Gasteiger partial charge < -0.3 is 4.90 Å². The molecule has 124 valence electrons. The Morgan fingerprint density at radius 2 is 1.60 bits per heavy atom. The third-order valence-corrected chi connectivity index (χ3v) is 5.26. The molecule has 0 aliphatic carbocycles. The van der Waals surface area contributed by atoms with Crippen LogP contribution in [-0.4, -0.2) is 24.1 Å². The maximum Gasteiger partial charge on any atom is 0.162 e. The second-order valence-electron chi connectivity index (χ2n) is 5.97. The van der Waals surface area contributed by atoms with Gasteiger partial charge in [0.25, 0.3) is 0 Å². The Morgan fingerprint density at radius 1 is 0.880 bits per heavy atom. The second kappa shape index (κ2) is 6.47. The fourth-order valence-corrected chi connectivity index (χ4v) is 4.04. The van der Waals surface area contributed by atoms with E-state index in [-0.39, 0.29) is 0 Å². The van der Waals surface area contributed by atoms with Gasteiger partial charge in [-0.05, 0) is 29.8 Å². The summed E-state index contributed by atoms with van der Waals surface area (Å²) in [5.41, 5.74) is 4.31. The summed E-state index contributed by atoms with van der Waals surface area (Å²) in [6, 6.07) is 18.4. The molecule has 0 bridgehead atoms. The molecular formula is C20H16ClN3S. The molecule has 0 atom stereocenters. The molecule has 4 rings (SSSR count). The quantitative estimate of drug-likeness (QED) is 0.433. The van der Waals surface area contributed by atoms with E-state index < -0.39 is 0 Å². The number of benzene rings is 2. The zero-order chi connectivity index (χ0) is 17.4. The van der Waals surface area contributed by atoms with Gasteiger partial charge in [0, 0.05) is 36.3 Å². The normalized spacial score (nSPS) is 11.0. The van der Waals surface area contributed by atoms with Crippen LogP contribution in [0.15, 0.2) is 60.0 Å². The Balaban J connectivity index is 1.81. The van der Waals surface area contributed by atoms with Gasteiger partial charge in [0.1, 0.15) is 9.98 Å². The van der Waals surface area contributed by atoms with Crippen molar-refractivity contribution < 1.29 is 0 Å². The first-order chi connectivity index (χ1) is 12.1. The van der Waals surface area contributed by atoms with Crippen LogP contribution in [0.5, 0.6) is 0 Å². The molecule has 3 nitrogen and oxygen atoms in total. The number of anilines is 1. The zero-order valence-corrected chi connectivity index (χ0v) is 15.5. The summed E-state index contributed by atoms with van der Waals surface area (Å²) in [5, 5.41) is 3.52. The summed E-state index contributed by atoms with van der Waals surface area (Å²) in [6.45, 7) is 0. The summed E-state index contributed by atoms with van der Waals surface area (Å²) in [5.74, 6) is 0.657. The van der Waals surface area contributed by atoms with Crippen LogP contribution in [0.3, 0.4) is 0 Å². The topological polar surface area (TPSA) is 29.0 Å². The number of aromatic nitrogens is 2. The highest BCUT2D eigenvalue weighted by atomic mass is 35.5. The van der Waals surface area contributed by atoms with Crippen LogP contribution < -0.4 is 4.90 Å². The average molecular weight is 366 g/mol. The highest BCUT2D eigenvalue weighted by molar-refractivity contribution is 7.17. The molecule has 2 heterocycles. The molecule has 4 aromatic rings. The molecule has 0 N–H and O–H groups in total. The second-order valence-corrected chi connectivity index (χ2v) is 7.19. The number of hydrogen-bond donors (Lipinski definition) is 0. The highest BCUT2D eigenvalue weighted by Gasteiger charge is 2.15. The van der Waals surface area contributed by atoms with Crippen LogP contribution >= 0.6 is 22.9 Å². The Kier molecular flexibility index (Phi) is 4.15. The molecule has 5 heteroatoms. The van der Waals surface area contributed by atoms with Crippen LogP contribution in [0.4, 0.5) is 5.69 Å². The van der Waals surface area contributed by atoms with E-state index in [1.807, 2.05) is 44.4 Å². The van der Waals surface area contributed by atoms with Gasteiger partial charge in [-0.1, -0.05) is 41.9 Å². The van der Waals surface area contributed by atoms with Gasteiger partial charge in [-0.25, -0.2) is 9.97 Å². The average Bonchev–Trinajstić information content (AvgIpc) is 3.07. The van der Waals surface area contributed by atoms with Crippen molar-refractivity contribution in [1.29, 1.82) is 0 Å². The van der Waals surface area contributed by atoms with Gasteiger partial charge in [0.2, 0.25) is 0 Å². The van der Waals surface area contributed by atoms with Crippen molar-refractivity contribution in [3.05, 3.63) is 65.1 Å². The first kappa shape index (κ1) is 16.1. The number of fused-ring (bicyclic) bond motifs is 1. The molecule has 0 amide bonds. The van der Waals surface area contributed by atoms with Crippen LogP contribution in [-0.2, 0) is 0 Å². The molecule has 0 unspecified atom stereocenters. The lowest BCUT2D eigenvalue weighted by Crippen LogP contribution is -2.08. The van der Waals surface area contributed by atoms with Gasteiger partial charge in [-0.2, -0.15) is 0 Å². The van der Waals surface area contributed by atoms with Crippen molar-refractivity contribution >= 4 is 38.8 Å². The fraction of sp³-hybridized carbons (Fsp3) is 0.100. The van der Waals surface area contributed by atoms with E-state index in [1.165, 1.54) is 0 Å². The number of nitrogens with zero attached hydrogens (tertiary/aromatic N) is 3. The number of halogens is 1. The molecule has 0 radical (unpaired) electrons. The van der Waals surface area contributed by atoms with E-state index in [0.29, 0.717) is 11.0 Å². The Hall–Kier alpha value is -2.43. The lowest BCUT2D eigenvalue weighted by Gasteiger charge is -2.12. The van der Waals surface area contributed by atoms with Gasteiger partial charge in [-0.15, -0.1) is 11.3 Å². The maximum absolute atomic E-state index is 6.54. The molecule has 0 aliphatic heterocycles. The van der Waals surface area contributed by atoms with Crippen LogP contribution in [0, 0.1) is 0 Å². The smallest absolute Gasteiger partial charge is 0.162 e. The minimum atomic E-state index is 0.497. The SMILES string of the molecule is CN(C)c1ccc(-c2nc(Cl)c3c(-c4ccccc4)csc3n2)cc1. The molecule has 2 aromatic heterocycles. The Labute approximate surface area is 155 Å². The van der Waals surface area contributed by atoms with E-state index in [9.17, 15) is 0 Å². The van der Waals surface area contributed by atoms with Gasteiger partial charge in [-0.3, -0.25) is 0 Å². The van der Waals surface area contributed by atoms with E-state index in [1.54, 1.807) is 11.3 Å². The lowest BCUT2D eigenvalue weighted by atomic mass is 10.1. The van der Waals surface area contributed by atoms with E-state index >= 15 is 0 Å². The Bertz CT molecular complexity index is 1020. The predicted molar refractivity (Wildman–Crippen MR) is 108 cm³/mol. The van der Waals surface area contributed by atoms with E-state index in [4.69, 9.17) is 16.6 Å². The molecule has 0 aliphatic rings. The summed E-state index contributed by atoms with van der Waals surface area (Å²) in [6.07, 6.45) is 0. The van der Waals surface area contributed by atoms with Gasteiger partial charge in [0.15, 0.2) is 5.82 Å². The van der Waals surface area contributed by atoms with Crippen molar-refractivity contribution in [2.45, 2.75) is 0 Å². The third-order valence-electron chi connectivity index (χ3n) is 4.12. The fourth-order valence-electron chi connectivity index (χ4n) is 2.77. The molecule has 2 aromatic carbocycles. The monoisotopic (exact) mass is 365 g/mol. The van der Waals surface area contributed by atoms with Gasteiger partial charge in [0.05, 0.1) is 5.39 Å². The minimum absolute atomic E-state index is 0.497. The van der Waals surface area contributed by atoms with E-state index in [0.717, 1.165) is 32.6 Å². The third kappa shape index (κ3) is 2.99. The molecule has 0 fully saturated rings. The van der Waals surface area contributed by atoms with Crippen LogP contribution in [0.2, 0.25) is 5.15 Å². The molecule has 0 spiro atoms. The van der Waals surface area contributed by atoms with E-state index in [2.05, 4.69) is 39.5 Å².